The van der Waals surface area contributed by atoms with Gasteiger partial charge in [0, 0.05) is 28.9 Å². The van der Waals surface area contributed by atoms with Crippen LogP contribution in [0.5, 0.6) is 0 Å². The van der Waals surface area contributed by atoms with Crippen LogP contribution in [0.1, 0.15) is 11.3 Å². The number of aromatic nitrogens is 2. The molecule has 4 rings (SSSR count). The molecule has 0 saturated heterocycles. The fourth-order valence-corrected chi connectivity index (χ4v) is 3.62. The third-order valence-electron chi connectivity index (χ3n) is 4.42. The zero-order valence-electron chi connectivity index (χ0n) is 15.8. The number of amides is 3. The van der Waals surface area contributed by atoms with Gasteiger partial charge in [-0.3, -0.25) is 4.79 Å². The molecule has 3 aromatic rings. The second-order valence-corrected chi connectivity index (χ2v) is 8.67. The molecule has 0 aliphatic carbocycles. The lowest BCUT2D eigenvalue weighted by molar-refractivity contribution is -0.110. The number of carbonyl (C=O) groups is 2. The minimum absolute atomic E-state index is 0.167. The molecule has 0 unspecified atom stereocenters. The molecule has 9 nitrogen and oxygen atoms in total. The first-order valence-electron chi connectivity index (χ1n) is 8.83. The van der Waals surface area contributed by atoms with Crippen LogP contribution < -0.4 is 16.0 Å². The van der Waals surface area contributed by atoms with Gasteiger partial charge in [0.25, 0.3) is 5.91 Å². The first-order chi connectivity index (χ1) is 14.3. The summed E-state index contributed by atoms with van der Waals surface area (Å²) in [6, 6.07) is 10.4. The highest BCUT2D eigenvalue weighted by Crippen LogP contribution is 2.34. The Morgan fingerprint density at radius 1 is 1.07 bits per heavy atom. The predicted octanol–water partition coefficient (Wildman–Crippen LogP) is 2.95. The van der Waals surface area contributed by atoms with Crippen LogP contribution in [-0.4, -0.2) is 36.6 Å². The van der Waals surface area contributed by atoms with Gasteiger partial charge in [-0.05, 0) is 48.5 Å². The van der Waals surface area contributed by atoms with Crippen molar-refractivity contribution in [3.05, 3.63) is 66.2 Å². The number of benzene rings is 2. The predicted molar refractivity (Wildman–Crippen MR) is 114 cm³/mol. The van der Waals surface area contributed by atoms with E-state index in [9.17, 15) is 18.0 Å². The monoisotopic (exact) mass is 423 g/mol. The molecule has 1 aromatic heterocycles. The average molecular weight is 423 g/mol. The van der Waals surface area contributed by atoms with Crippen molar-refractivity contribution >= 4 is 50.5 Å². The fraction of sp³-hybridized carbons (Fsp3) is 0.0500. The first kappa shape index (κ1) is 19.4. The van der Waals surface area contributed by atoms with E-state index >= 15 is 0 Å². The number of carbonyl (C=O) groups excluding carboxylic acids is 2. The van der Waals surface area contributed by atoms with E-state index in [1.165, 1.54) is 30.6 Å². The van der Waals surface area contributed by atoms with Gasteiger partial charge in [-0.1, -0.05) is 0 Å². The number of fused-ring (bicyclic) bond motifs is 1. The number of nitrogens with one attached hydrogen (secondary N) is 4. The van der Waals surface area contributed by atoms with Crippen molar-refractivity contribution in [1.82, 2.24) is 9.97 Å². The normalized spacial score (nSPS) is 14.3. The number of urea groups is 1. The number of sulfone groups is 1. The van der Waals surface area contributed by atoms with Gasteiger partial charge in [0.2, 0.25) is 0 Å². The standard InChI is InChI=1S/C20H17N5O4S/c1-30(28,29)15-5-2-12(3-6-15)23-20(27)24-13-4-7-18-16(8-13)17(19(26)25-18)9-14-10-21-11-22-14/h2-11H,1H3,(H,21,22)(H,25,26)(H2,23,24,27)/b17-9-. The molecule has 2 aromatic carbocycles. The molecule has 152 valence electrons. The molecule has 0 fully saturated rings. The van der Waals surface area contributed by atoms with Gasteiger partial charge in [-0.15, -0.1) is 0 Å². The summed E-state index contributed by atoms with van der Waals surface area (Å²) >= 11 is 0. The summed E-state index contributed by atoms with van der Waals surface area (Å²) in [7, 11) is -3.30. The Kier molecular flexibility index (Phi) is 4.84. The molecule has 3 amide bonds. The van der Waals surface area contributed by atoms with Gasteiger partial charge in [-0.2, -0.15) is 0 Å². The zero-order chi connectivity index (χ0) is 21.3. The lowest BCUT2D eigenvalue weighted by Gasteiger charge is -2.09. The molecule has 0 atom stereocenters. The molecule has 0 bridgehead atoms. The number of rotatable bonds is 4. The molecular formula is C20H17N5O4S. The van der Waals surface area contributed by atoms with Crippen molar-refractivity contribution in [2.24, 2.45) is 0 Å². The maximum absolute atomic E-state index is 12.3. The van der Waals surface area contributed by atoms with Crippen molar-refractivity contribution < 1.29 is 18.0 Å². The lowest BCUT2D eigenvalue weighted by atomic mass is 10.1. The molecular weight excluding hydrogens is 406 g/mol. The third kappa shape index (κ3) is 4.08. The van der Waals surface area contributed by atoms with Crippen LogP contribution in [0.15, 0.2) is 59.9 Å². The molecule has 4 N–H and O–H groups in total. The quantitative estimate of drug-likeness (QED) is 0.479. The smallest absolute Gasteiger partial charge is 0.323 e. The maximum Gasteiger partial charge on any atom is 0.323 e. The average Bonchev–Trinajstić information content (AvgIpc) is 3.30. The Balaban J connectivity index is 1.50. The second kappa shape index (κ2) is 7.48. The molecule has 1 aliphatic rings. The van der Waals surface area contributed by atoms with Gasteiger partial charge < -0.3 is 20.9 Å². The summed E-state index contributed by atoms with van der Waals surface area (Å²) in [5, 5.41) is 8.12. The number of hydrogen-bond donors (Lipinski definition) is 4. The van der Waals surface area contributed by atoms with Gasteiger partial charge in [0.1, 0.15) is 0 Å². The Labute approximate surface area is 172 Å². The van der Waals surface area contributed by atoms with E-state index in [1.54, 1.807) is 30.5 Å². The van der Waals surface area contributed by atoms with Crippen molar-refractivity contribution in [2.45, 2.75) is 4.90 Å². The van der Waals surface area contributed by atoms with E-state index in [0.29, 0.717) is 33.9 Å². The molecule has 0 saturated carbocycles. The van der Waals surface area contributed by atoms with Crippen molar-refractivity contribution in [3.8, 4) is 0 Å². The molecule has 0 spiro atoms. The van der Waals surface area contributed by atoms with E-state index in [-0.39, 0.29) is 10.8 Å². The summed E-state index contributed by atoms with van der Waals surface area (Å²) < 4.78 is 23.0. The molecule has 0 radical (unpaired) electrons. The van der Waals surface area contributed by atoms with Crippen LogP contribution in [0.2, 0.25) is 0 Å². The van der Waals surface area contributed by atoms with Crippen molar-refractivity contribution in [3.63, 3.8) is 0 Å². The number of imidazole rings is 1. The fourth-order valence-electron chi connectivity index (χ4n) is 2.99. The summed E-state index contributed by atoms with van der Waals surface area (Å²) in [5.41, 5.74) is 3.37. The Bertz CT molecular complexity index is 1260. The number of H-pyrrole nitrogens is 1. The highest BCUT2D eigenvalue weighted by Gasteiger charge is 2.24. The minimum Gasteiger partial charge on any atom is -0.345 e. The highest BCUT2D eigenvalue weighted by atomic mass is 32.2. The van der Waals surface area contributed by atoms with E-state index in [1.807, 2.05) is 0 Å². The lowest BCUT2D eigenvalue weighted by Crippen LogP contribution is -2.19. The summed E-state index contributed by atoms with van der Waals surface area (Å²) in [6.45, 7) is 0. The van der Waals surface area contributed by atoms with Crippen molar-refractivity contribution in [1.29, 1.82) is 0 Å². The van der Waals surface area contributed by atoms with E-state index < -0.39 is 15.9 Å². The van der Waals surface area contributed by atoms with E-state index in [4.69, 9.17) is 0 Å². The summed E-state index contributed by atoms with van der Waals surface area (Å²) in [5.74, 6) is -0.243. The van der Waals surface area contributed by atoms with Crippen LogP contribution in [0.3, 0.4) is 0 Å². The molecule has 10 heteroatoms. The van der Waals surface area contributed by atoms with Gasteiger partial charge in [-0.25, -0.2) is 18.2 Å². The molecule has 1 aliphatic heterocycles. The zero-order valence-corrected chi connectivity index (χ0v) is 16.6. The SMILES string of the molecule is CS(=O)(=O)c1ccc(NC(=O)Nc2ccc3c(c2)/C(=C/c2cnc[nH]2)C(=O)N3)cc1. The Hall–Kier alpha value is -3.92. The van der Waals surface area contributed by atoms with Gasteiger partial charge >= 0.3 is 6.03 Å². The Morgan fingerprint density at radius 2 is 1.77 bits per heavy atom. The maximum atomic E-state index is 12.3. The topological polar surface area (TPSA) is 133 Å². The van der Waals surface area contributed by atoms with Gasteiger partial charge in [0.05, 0.1) is 28.7 Å². The van der Waals surface area contributed by atoms with Gasteiger partial charge in [0.15, 0.2) is 9.84 Å². The highest BCUT2D eigenvalue weighted by molar-refractivity contribution is 7.90. The van der Waals surface area contributed by atoms with Crippen LogP contribution in [-0.2, 0) is 14.6 Å². The second-order valence-electron chi connectivity index (χ2n) is 6.66. The number of aromatic amines is 1. The van der Waals surface area contributed by atoms with Crippen LogP contribution in [0.4, 0.5) is 21.9 Å². The number of nitrogens with zero attached hydrogens (tertiary/aromatic N) is 1. The number of anilines is 3. The summed E-state index contributed by atoms with van der Waals surface area (Å²) in [4.78, 5) is 31.6. The first-order valence-corrected chi connectivity index (χ1v) is 10.7. The van der Waals surface area contributed by atoms with Crippen molar-refractivity contribution in [2.75, 3.05) is 22.2 Å². The van der Waals surface area contributed by atoms with E-state index in [2.05, 4.69) is 25.9 Å². The molecule has 30 heavy (non-hydrogen) atoms. The Morgan fingerprint density at radius 3 is 2.43 bits per heavy atom. The van der Waals surface area contributed by atoms with Crippen LogP contribution >= 0.6 is 0 Å². The van der Waals surface area contributed by atoms with Crippen LogP contribution in [0, 0.1) is 0 Å². The largest absolute Gasteiger partial charge is 0.345 e. The number of hydrogen-bond acceptors (Lipinski definition) is 5. The third-order valence-corrected chi connectivity index (χ3v) is 5.55. The summed E-state index contributed by atoms with van der Waals surface area (Å²) in [6.07, 6.45) is 5.92. The molecule has 2 heterocycles. The van der Waals surface area contributed by atoms with Crippen LogP contribution in [0.25, 0.3) is 11.6 Å². The minimum atomic E-state index is -3.30. The van der Waals surface area contributed by atoms with E-state index in [0.717, 1.165) is 6.26 Å².